The number of halogens is 1. The minimum Gasteiger partial charge on any atom is -0.395 e. The van der Waals surface area contributed by atoms with Crippen LogP contribution in [0.5, 0.6) is 0 Å². The van der Waals surface area contributed by atoms with Crippen LogP contribution in [0.25, 0.3) is 11.0 Å². The van der Waals surface area contributed by atoms with Crippen LogP contribution in [0.15, 0.2) is 18.2 Å². The molecule has 2 N–H and O–H groups in total. The Morgan fingerprint density at radius 2 is 2.22 bits per heavy atom. The van der Waals surface area contributed by atoms with Crippen molar-refractivity contribution in [2.45, 2.75) is 20.4 Å². The first kappa shape index (κ1) is 12.8. The summed E-state index contributed by atoms with van der Waals surface area (Å²) in [5, 5.41) is 12.3. The molecule has 0 unspecified atom stereocenters. The zero-order valence-corrected chi connectivity index (χ0v) is 10.7. The number of imidazole rings is 1. The maximum atomic E-state index is 13.2. The molecule has 0 radical (unpaired) electrons. The van der Waals surface area contributed by atoms with E-state index in [1.54, 1.807) is 6.07 Å². The summed E-state index contributed by atoms with van der Waals surface area (Å²) in [6.07, 6.45) is 0. The summed E-state index contributed by atoms with van der Waals surface area (Å²) in [6.45, 7) is 5.47. The van der Waals surface area contributed by atoms with E-state index in [4.69, 9.17) is 5.11 Å². The molecular formula is C13H18FN3O. The SMILES string of the molecule is CC(C)CNc1nc2cc(F)ccc2n1CCO. The van der Waals surface area contributed by atoms with E-state index < -0.39 is 0 Å². The fourth-order valence-electron chi connectivity index (χ4n) is 1.86. The molecule has 1 aromatic heterocycles. The topological polar surface area (TPSA) is 50.1 Å². The fraction of sp³-hybridized carbons (Fsp3) is 0.462. The lowest BCUT2D eigenvalue weighted by atomic mass is 10.2. The first-order valence-electron chi connectivity index (χ1n) is 6.12. The molecule has 0 saturated heterocycles. The third-order valence-corrected chi connectivity index (χ3v) is 2.70. The molecule has 2 aromatic rings. The lowest BCUT2D eigenvalue weighted by Crippen LogP contribution is -2.14. The van der Waals surface area contributed by atoms with Crippen molar-refractivity contribution >= 4 is 17.0 Å². The quantitative estimate of drug-likeness (QED) is 0.856. The number of nitrogens with zero attached hydrogens (tertiary/aromatic N) is 2. The van der Waals surface area contributed by atoms with Crippen molar-refractivity contribution in [1.29, 1.82) is 0 Å². The van der Waals surface area contributed by atoms with Crippen LogP contribution in [0.4, 0.5) is 10.3 Å². The van der Waals surface area contributed by atoms with Gasteiger partial charge in [0.15, 0.2) is 0 Å². The Morgan fingerprint density at radius 3 is 2.89 bits per heavy atom. The number of aliphatic hydroxyl groups excluding tert-OH is 1. The van der Waals surface area contributed by atoms with E-state index in [0.717, 1.165) is 12.1 Å². The summed E-state index contributed by atoms with van der Waals surface area (Å²) in [4.78, 5) is 4.36. The van der Waals surface area contributed by atoms with Gasteiger partial charge in [-0.2, -0.15) is 0 Å². The van der Waals surface area contributed by atoms with Gasteiger partial charge in [-0.1, -0.05) is 13.8 Å². The van der Waals surface area contributed by atoms with Gasteiger partial charge in [-0.25, -0.2) is 9.37 Å². The monoisotopic (exact) mass is 251 g/mol. The number of hydrogen-bond donors (Lipinski definition) is 2. The molecule has 0 fully saturated rings. The van der Waals surface area contributed by atoms with Crippen LogP contribution in [0.3, 0.4) is 0 Å². The third-order valence-electron chi connectivity index (χ3n) is 2.70. The van der Waals surface area contributed by atoms with E-state index in [9.17, 15) is 4.39 Å². The first-order chi connectivity index (χ1) is 8.61. The Hall–Kier alpha value is -1.62. The van der Waals surface area contributed by atoms with Crippen LogP contribution >= 0.6 is 0 Å². The smallest absolute Gasteiger partial charge is 0.203 e. The molecule has 0 atom stereocenters. The van der Waals surface area contributed by atoms with E-state index in [1.807, 2.05) is 4.57 Å². The molecule has 0 aliphatic heterocycles. The van der Waals surface area contributed by atoms with Crippen LogP contribution in [0.1, 0.15) is 13.8 Å². The van der Waals surface area contributed by atoms with Gasteiger partial charge in [-0.15, -0.1) is 0 Å². The molecule has 0 aliphatic carbocycles. The molecule has 1 aromatic carbocycles. The van der Waals surface area contributed by atoms with E-state index in [-0.39, 0.29) is 12.4 Å². The van der Waals surface area contributed by atoms with Crippen molar-refractivity contribution in [2.24, 2.45) is 5.92 Å². The maximum Gasteiger partial charge on any atom is 0.203 e. The van der Waals surface area contributed by atoms with Crippen molar-refractivity contribution in [3.8, 4) is 0 Å². The molecule has 0 aliphatic rings. The Kier molecular flexibility index (Phi) is 3.81. The predicted octanol–water partition coefficient (Wildman–Crippen LogP) is 2.24. The lowest BCUT2D eigenvalue weighted by Gasteiger charge is -2.10. The van der Waals surface area contributed by atoms with Gasteiger partial charge in [-0.05, 0) is 18.1 Å². The number of hydrogen-bond acceptors (Lipinski definition) is 3. The number of fused-ring (bicyclic) bond motifs is 1. The number of nitrogens with one attached hydrogen (secondary N) is 1. The minimum absolute atomic E-state index is 0.0270. The number of aliphatic hydroxyl groups is 1. The Balaban J connectivity index is 2.40. The van der Waals surface area contributed by atoms with Gasteiger partial charge in [-0.3, -0.25) is 0 Å². The van der Waals surface area contributed by atoms with Crippen molar-refractivity contribution < 1.29 is 9.50 Å². The summed E-state index contributed by atoms with van der Waals surface area (Å²) < 4.78 is 15.0. The number of benzene rings is 1. The molecule has 98 valence electrons. The average molecular weight is 251 g/mol. The molecule has 18 heavy (non-hydrogen) atoms. The van der Waals surface area contributed by atoms with Crippen molar-refractivity contribution in [2.75, 3.05) is 18.5 Å². The number of aromatic nitrogens is 2. The van der Waals surface area contributed by atoms with Gasteiger partial charge in [0.05, 0.1) is 17.6 Å². The number of rotatable bonds is 5. The van der Waals surface area contributed by atoms with Crippen LogP contribution in [-0.4, -0.2) is 27.8 Å². The maximum absolute atomic E-state index is 13.2. The van der Waals surface area contributed by atoms with Crippen LogP contribution in [0.2, 0.25) is 0 Å². The highest BCUT2D eigenvalue weighted by Gasteiger charge is 2.11. The van der Waals surface area contributed by atoms with Crippen molar-refractivity contribution in [3.63, 3.8) is 0 Å². The van der Waals surface area contributed by atoms with Gasteiger partial charge in [0, 0.05) is 19.2 Å². The molecule has 5 heteroatoms. The second-order valence-corrected chi connectivity index (χ2v) is 4.72. The first-order valence-corrected chi connectivity index (χ1v) is 6.12. The van der Waals surface area contributed by atoms with E-state index in [0.29, 0.717) is 23.9 Å². The van der Waals surface area contributed by atoms with Crippen molar-refractivity contribution in [3.05, 3.63) is 24.0 Å². The van der Waals surface area contributed by atoms with Gasteiger partial charge in [0.1, 0.15) is 5.82 Å². The summed E-state index contributed by atoms with van der Waals surface area (Å²) >= 11 is 0. The normalized spacial score (nSPS) is 11.4. The van der Waals surface area contributed by atoms with Gasteiger partial charge >= 0.3 is 0 Å². The van der Waals surface area contributed by atoms with E-state index in [1.165, 1.54) is 12.1 Å². The highest BCUT2D eigenvalue weighted by Crippen LogP contribution is 2.20. The Morgan fingerprint density at radius 1 is 1.44 bits per heavy atom. The van der Waals surface area contributed by atoms with E-state index in [2.05, 4.69) is 24.1 Å². The minimum atomic E-state index is -0.299. The summed E-state index contributed by atoms with van der Waals surface area (Å²) in [6, 6.07) is 4.50. The molecular weight excluding hydrogens is 233 g/mol. The molecule has 0 saturated carbocycles. The Labute approximate surface area is 105 Å². The molecule has 4 nitrogen and oxygen atoms in total. The van der Waals surface area contributed by atoms with Gasteiger partial charge < -0.3 is 15.0 Å². The zero-order chi connectivity index (χ0) is 13.1. The average Bonchev–Trinajstić information content (AvgIpc) is 2.64. The van der Waals surface area contributed by atoms with Crippen LogP contribution in [0, 0.1) is 11.7 Å². The molecule has 0 bridgehead atoms. The Bertz CT molecular complexity index is 536. The highest BCUT2D eigenvalue weighted by atomic mass is 19.1. The summed E-state index contributed by atoms with van der Waals surface area (Å²) in [7, 11) is 0. The van der Waals surface area contributed by atoms with Gasteiger partial charge in [0.2, 0.25) is 5.95 Å². The zero-order valence-electron chi connectivity index (χ0n) is 10.7. The van der Waals surface area contributed by atoms with Gasteiger partial charge in [0.25, 0.3) is 0 Å². The molecule has 0 spiro atoms. The van der Waals surface area contributed by atoms with Crippen LogP contribution < -0.4 is 5.32 Å². The standard InChI is InChI=1S/C13H18FN3O/c1-9(2)8-15-13-16-11-7-10(14)3-4-12(11)17(13)5-6-18/h3-4,7,9,18H,5-6,8H2,1-2H3,(H,15,16). The number of anilines is 1. The third kappa shape index (κ3) is 2.61. The van der Waals surface area contributed by atoms with Crippen molar-refractivity contribution in [1.82, 2.24) is 9.55 Å². The fourth-order valence-corrected chi connectivity index (χ4v) is 1.86. The van der Waals surface area contributed by atoms with E-state index >= 15 is 0 Å². The molecule has 1 heterocycles. The summed E-state index contributed by atoms with van der Waals surface area (Å²) in [5.41, 5.74) is 1.44. The summed E-state index contributed by atoms with van der Waals surface area (Å²) in [5.74, 6) is 0.869. The van der Waals surface area contributed by atoms with Crippen LogP contribution in [-0.2, 0) is 6.54 Å². The predicted molar refractivity (Wildman–Crippen MR) is 70.1 cm³/mol. The second-order valence-electron chi connectivity index (χ2n) is 4.72. The highest BCUT2D eigenvalue weighted by molar-refractivity contribution is 5.78. The largest absolute Gasteiger partial charge is 0.395 e. The molecule has 2 rings (SSSR count). The lowest BCUT2D eigenvalue weighted by molar-refractivity contribution is 0.278. The second kappa shape index (κ2) is 5.35. The molecule has 0 amide bonds.